The first kappa shape index (κ1) is 22.3. The molecule has 1 amide bonds. The first-order valence-corrected chi connectivity index (χ1v) is 13.1. The van der Waals surface area contributed by atoms with Crippen LogP contribution in [0.3, 0.4) is 0 Å². The van der Waals surface area contributed by atoms with Crippen LogP contribution in [0, 0.1) is 5.92 Å². The van der Waals surface area contributed by atoms with Gasteiger partial charge >= 0.3 is 0 Å². The average Bonchev–Trinajstić information content (AvgIpc) is 3.33. The van der Waals surface area contributed by atoms with Crippen molar-refractivity contribution >= 4 is 15.9 Å². The number of ether oxygens (including phenoxy) is 1. The molecule has 5 rings (SSSR count). The molecule has 3 aliphatic heterocycles. The lowest BCUT2D eigenvalue weighted by Crippen LogP contribution is -2.51. The minimum absolute atomic E-state index is 0.103. The molecule has 1 aromatic heterocycles. The SMILES string of the molecule is O=C(C1CCN(S(=O)(=O)c2cccnc2)CC1)N1CCN(Cc2ccc3c(c2)CCO3)CC1. The Morgan fingerprint density at radius 1 is 1.06 bits per heavy atom. The molecular weight excluding hydrogens is 440 g/mol. The zero-order valence-electron chi connectivity index (χ0n) is 18.7. The summed E-state index contributed by atoms with van der Waals surface area (Å²) >= 11 is 0. The summed E-state index contributed by atoms with van der Waals surface area (Å²) in [5, 5.41) is 0. The summed E-state index contributed by atoms with van der Waals surface area (Å²) in [7, 11) is -3.55. The second-order valence-corrected chi connectivity index (χ2v) is 10.9. The number of benzene rings is 1. The maximum atomic E-state index is 13.1. The molecule has 3 aliphatic rings. The smallest absolute Gasteiger partial charge is 0.244 e. The van der Waals surface area contributed by atoms with Crippen LogP contribution in [0.4, 0.5) is 0 Å². The van der Waals surface area contributed by atoms with Crippen LogP contribution in [0.1, 0.15) is 24.0 Å². The van der Waals surface area contributed by atoms with Crippen LogP contribution in [0.15, 0.2) is 47.6 Å². The van der Waals surface area contributed by atoms with E-state index in [0.29, 0.717) is 25.9 Å². The largest absolute Gasteiger partial charge is 0.493 e. The minimum atomic E-state index is -3.55. The molecule has 4 heterocycles. The van der Waals surface area contributed by atoms with E-state index in [1.54, 1.807) is 18.3 Å². The van der Waals surface area contributed by atoms with Crippen molar-refractivity contribution in [1.29, 1.82) is 0 Å². The molecule has 2 saturated heterocycles. The summed E-state index contributed by atoms with van der Waals surface area (Å²) < 4.78 is 32.7. The maximum absolute atomic E-state index is 13.1. The number of piperidine rings is 1. The third-order valence-corrected chi connectivity index (χ3v) is 8.80. The highest BCUT2D eigenvalue weighted by Crippen LogP contribution is 2.27. The number of rotatable bonds is 5. The molecule has 8 nitrogen and oxygen atoms in total. The Labute approximate surface area is 195 Å². The molecular formula is C24H30N4O4S. The second-order valence-electron chi connectivity index (χ2n) is 9.01. The standard InChI is InChI=1S/C24H30N4O4S/c29-24(20-5-9-28(10-6-20)33(30,31)22-2-1-8-25-17-22)27-13-11-26(12-14-27)18-19-3-4-23-21(16-19)7-15-32-23/h1-4,8,16-17,20H,5-7,9-15,18H2. The Kier molecular flexibility index (Phi) is 6.36. The van der Waals surface area contributed by atoms with E-state index in [9.17, 15) is 13.2 Å². The van der Waals surface area contributed by atoms with Crippen LogP contribution in [-0.4, -0.2) is 79.3 Å². The highest BCUT2D eigenvalue weighted by Gasteiger charge is 2.34. The van der Waals surface area contributed by atoms with Crippen LogP contribution < -0.4 is 4.74 Å². The number of piperazine rings is 1. The van der Waals surface area contributed by atoms with E-state index in [1.165, 1.54) is 21.6 Å². The van der Waals surface area contributed by atoms with Crippen molar-refractivity contribution in [2.75, 3.05) is 45.9 Å². The number of carbonyl (C=O) groups is 1. The van der Waals surface area contributed by atoms with Crippen LogP contribution in [0.25, 0.3) is 0 Å². The fourth-order valence-electron chi connectivity index (χ4n) is 4.97. The summed E-state index contributed by atoms with van der Waals surface area (Å²) in [5.74, 6) is 1.07. The Hall–Kier alpha value is -2.49. The normalized spacial score (nSPS) is 20.4. The fourth-order valence-corrected chi connectivity index (χ4v) is 6.41. The molecule has 1 aromatic carbocycles. The first-order valence-electron chi connectivity index (χ1n) is 11.7. The zero-order valence-corrected chi connectivity index (χ0v) is 19.5. The number of nitrogens with zero attached hydrogens (tertiary/aromatic N) is 4. The summed E-state index contributed by atoms with van der Waals surface area (Å²) in [6, 6.07) is 9.64. The van der Waals surface area contributed by atoms with E-state index in [4.69, 9.17) is 4.74 Å². The topological polar surface area (TPSA) is 83.0 Å². The van der Waals surface area contributed by atoms with Gasteiger partial charge in [-0.2, -0.15) is 4.31 Å². The Morgan fingerprint density at radius 2 is 1.85 bits per heavy atom. The number of amides is 1. The highest BCUT2D eigenvalue weighted by atomic mass is 32.2. The van der Waals surface area contributed by atoms with E-state index in [1.807, 2.05) is 4.90 Å². The summed E-state index contributed by atoms with van der Waals surface area (Å²) in [4.78, 5) is 21.6. The lowest BCUT2D eigenvalue weighted by molar-refractivity contribution is -0.138. The third kappa shape index (κ3) is 4.76. The van der Waals surface area contributed by atoms with Crippen LogP contribution in [0.2, 0.25) is 0 Å². The van der Waals surface area contributed by atoms with Gasteiger partial charge in [0.25, 0.3) is 0 Å². The molecule has 2 aromatic rings. The number of carbonyl (C=O) groups excluding carboxylic acids is 1. The monoisotopic (exact) mass is 470 g/mol. The maximum Gasteiger partial charge on any atom is 0.244 e. The number of hydrogen-bond donors (Lipinski definition) is 0. The number of sulfonamides is 1. The zero-order chi connectivity index (χ0) is 22.8. The van der Waals surface area contributed by atoms with Gasteiger partial charge in [-0.1, -0.05) is 12.1 Å². The van der Waals surface area contributed by atoms with Gasteiger partial charge in [-0.25, -0.2) is 8.42 Å². The van der Waals surface area contributed by atoms with Crippen molar-refractivity contribution in [3.8, 4) is 5.75 Å². The predicted molar refractivity (Wildman–Crippen MR) is 123 cm³/mol. The van der Waals surface area contributed by atoms with E-state index in [2.05, 4.69) is 28.1 Å². The summed E-state index contributed by atoms with van der Waals surface area (Å²) in [5.41, 5.74) is 2.58. The van der Waals surface area contributed by atoms with Gasteiger partial charge in [0.2, 0.25) is 15.9 Å². The third-order valence-electron chi connectivity index (χ3n) is 6.92. The first-order chi connectivity index (χ1) is 16.0. The average molecular weight is 471 g/mol. The van der Waals surface area contributed by atoms with Crippen molar-refractivity contribution in [1.82, 2.24) is 19.1 Å². The van der Waals surface area contributed by atoms with Gasteiger partial charge in [-0.05, 0) is 42.2 Å². The van der Waals surface area contributed by atoms with E-state index in [-0.39, 0.29) is 16.7 Å². The molecule has 0 saturated carbocycles. The highest BCUT2D eigenvalue weighted by molar-refractivity contribution is 7.89. The number of fused-ring (bicyclic) bond motifs is 1. The molecule has 0 aliphatic carbocycles. The Morgan fingerprint density at radius 3 is 2.58 bits per heavy atom. The lowest BCUT2D eigenvalue weighted by atomic mass is 9.96. The Bertz CT molecular complexity index is 1090. The second kappa shape index (κ2) is 9.40. The van der Waals surface area contributed by atoms with Crippen molar-refractivity contribution in [3.63, 3.8) is 0 Å². The van der Waals surface area contributed by atoms with Gasteiger partial charge in [0.05, 0.1) is 6.61 Å². The van der Waals surface area contributed by atoms with Crippen molar-refractivity contribution < 1.29 is 17.9 Å². The number of aromatic nitrogens is 1. The van der Waals surface area contributed by atoms with Crippen molar-refractivity contribution in [2.45, 2.75) is 30.7 Å². The van der Waals surface area contributed by atoms with Gasteiger partial charge < -0.3 is 9.64 Å². The quantitative estimate of drug-likeness (QED) is 0.662. The molecule has 0 atom stereocenters. The molecule has 0 bridgehead atoms. The van der Waals surface area contributed by atoms with Gasteiger partial charge in [0.15, 0.2) is 0 Å². The van der Waals surface area contributed by atoms with Gasteiger partial charge in [-0.3, -0.25) is 14.7 Å². The number of pyridine rings is 1. The van der Waals surface area contributed by atoms with Crippen LogP contribution >= 0.6 is 0 Å². The van der Waals surface area contributed by atoms with Gasteiger partial charge in [0, 0.05) is 70.5 Å². The predicted octanol–water partition coefficient (Wildman–Crippen LogP) is 1.76. The van der Waals surface area contributed by atoms with Crippen LogP contribution in [-0.2, 0) is 27.8 Å². The fraction of sp³-hybridized carbons (Fsp3) is 0.500. The van der Waals surface area contributed by atoms with E-state index < -0.39 is 10.0 Å². The molecule has 33 heavy (non-hydrogen) atoms. The molecule has 2 fully saturated rings. The summed E-state index contributed by atoms with van der Waals surface area (Å²) in [6.07, 6.45) is 5.05. The molecule has 0 unspecified atom stereocenters. The van der Waals surface area contributed by atoms with Gasteiger partial charge in [0.1, 0.15) is 10.6 Å². The van der Waals surface area contributed by atoms with E-state index in [0.717, 1.165) is 51.5 Å². The molecule has 9 heteroatoms. The minimum Gasteiger partial charge on any atom is -0.493 e. The lowest BCUT2D eigenvalue weighted by Gasteiger charge is -2.38. The molecule has 0 radical (unpaired) electrons. The van der Waals surface area contributed by atoms with E-state index >= 15 is 0 Å². The molecule has 176 valence electrons. The van der Waals surface area contributed by atoms with Crippen molar-refractivity contribution in [2.24, 2.45) is 5.92 Å². The molecule has 0 spiro atoms. The van der Waals surface area contributed by atoms with Crippen molar-refractivity contribution in [3.05, 3.63) is 53.9 Å². The summed E-state index contributed by atoms with van der Waals surface area (Å²) in [6.45, 7) is 5.56. The Balaban J connectivity index is 1.11. The molecule has 0 N–H and O–H groups in total. The number of hydrogen-bond acceptors (Lipinski definition) is 6. The van der Waals surface area contributed by atoms with Crippen LogP contribution in [0.5, 0.6) is 5.75 Å². The van der Waals surface area contributed by atoms with Gasteiger partial charge in [-0.15, -0.1) is 0 Å².